The quantitative estimate of drug-likeness (QED) is 0.869. The highest BCUT2D eigenvalue weighted by molar-refractivity contribution is 7.13. The fourth-order valence-electron chi connectivity index (χ4n) is 2.90. The van der Waals surface area contributed by atoms with Crippen LogP contribution in [0.5, 0.6) is 0 Å². The van der Waals surface area contributed by atoms with Gasteiger partial charge in [-0.05, 0) is 57.9 Å². The van der Waals surface area contributed by atoms with Crippen molar-refractivity contribution in [3.8, 4) is 10.6 Å². The van der Waals surface area contributed by atoms with Crippen LogP contribution in [0.15, 0.2) is 35.8 Å². The van der Waals surface area contributed by atoms with E-state index in [4.69, 9.17) is 4.74 Å². The lowest BCUT2D eigenvalue weighted by Crippen LogP contribution is -2.46. The zero-order chi connectivity index (χ0) is 17.9. The molecular formula is C19H25N3O2S. The summed E-state index contributed by atoms with van der Waals surface area (Å²) < 4.78 is 5.49. The Morgan fingerprint density at radius 1 is 1.32 bits per heavy atom. The molecule has 2 heterocycles. The van der Waals surface area contributed by atoms with Crippen LogP contribution in [0.4, 0.5) is 10.5 Å². The van der Waals surface area contributed by atoms with E-state index in [2.05, 4.69) is 34.6 Å². The molecule has 25 heavy (non-hydrogen) atoms. The summed E-state index contributed by atoms with van der Waals surface area (Å²) in [6.07, 6.45) is 3.62. The fraction of sp³-hybridized carbons (Fsp3) is 0.474. The third-order valence-electron chi connectivity index (χ3n) is 4.01. The summed E-state index contributed by atoms with van der Waals surface area (Å²) in [5.41, 5.74) is 1.74. The van der Waals surface area contributed by atoms with Crippen LogP contribution in [0.1, 0.15) is 33.6 Å². The van der Waals surface area contributed by atoms with Gasteiger partial charge >= 0.3 is 6.09 Å². The zero-order valence-corrected chi connectivity index (χ0v) is 15.8. The molecule has 2 aromatic rings. The number of amides is 1. The summed E-state index contributed by atoms with van der Waals surface area (Å²) in [7, 11) is 0. The van der Waals surface area contributed by atoms with Gasteiger partial charge in [-0.25, -0.2) is 9.78 Å². The second kappa shape index (κ2) is 7.44. The van der Waals surface area contributed by atoms with E-state index in [9.17, 15) is 4.79 Å². The zero-order valence-electron chi connectivity index (χ0n) is 15.0. The Bertz CT molecular complexity index is 692. The number of carbonyl (C=O) groups excluding carboxylic acids is 1. The summed E-state index contributed by atoms with van der Waals surface area (Å²) in [6.45, 7) is 7.12. The molecule has 5 nitrogen and oxygen atoms in total. The van der Waals surface area contributed by atoms with E-state index in [1.165, 1.54) is 0 Å². The predicted octanol–water partition coefficient (Wildman–Crippen LogP) is 4.62. The molecule has 0 spiro atoms. The van der Waals surface area contributed by atoms with Gasteiger partial charge < -0.3 is 15.0 Å². The summed E-state index contributed by atoms with van der Waals surface area (Å²) in [4.78, 5) is 18.4. The maximum Gasteiger partial charge on any atom is 0.410 e. The Morgan fingerprint density at radius 2 is 2.08 bits per heavy atom. The summed E-state index contributed by atoms with van der Waals surface area (Å²) in [5.74, 6) is 0. The van der Waals surface area contributed by atoms with E-state index >= 15 is 0 Å². The van der Waals surface area contributed by atoms with Gasteiger partial charge in [0.05, 0.1) is 0 Å². The number of piperidine rings is 1. The van der Waals surface area contributed by atoms with Gasteiger partial charge in [-0.15, -0.1) is 11.3 Å². The maximum absolute atomic E-state index is 12.3. The number of carbonyl (C=O) groups is 1. The molecule has 1 saturated heterocycles. The smallest absolute Gasteiger partial charge is 0.410 e. The first-order chi connectivity index (χ1) is 11.9. The van der Waals surface area contributed by atoms with E-state index in [1.807, 2.05) is 32.3 Å². The first kappa shape index (κ1) is 17.7. The highest BCUT2D eigenvalue weighted by Crippen LogP contribution is 2.24. The van der Waals surface area contributed by atoms with Gasteiger partial charge in [0.2, 0.25) is 0 Å². The standard InChI is InChI=1S/C19H25N3O2S/c1-19(2,3)24-18(23)22-11-4-5-16(13-22)21-15-8-6-14(7-9-15)17-20-10-12-25-17/h6-10,12,16,21H,4-5,11,13H2,1-3H3. The van der Waals surface area contributed by atoms with Crippen molar-refractivity contribution in [3.05, 3.63) is 35.8 Å². The van der Waals surface area contributed by atoms with Crippen LogP contribution in [0.25, 0.3) is 10.6 Å². The number of nitrogens with zero attached hydrogens (tertiary/aromatic N) is 2. The lowest BCUT2D eigenvalue weighted by Gasteiger charge is -2.34. The minimum absolute atomic E-state index is 0.224. The number of anilines is 1. The van der Waals surface area contributed by atoms with Crippen LogP contribution >= 0.6 is 11.3 Å². The van der Waals surface area contributed by atoms with Gasteiger partial charge in [-0.3, -0.25) is 0 Å². The summed E-state index contributed by atoms with van der Waals surface area (Å²) in [5, 5.41) is 6.54. The number of ether oxygens (including phenoxy) is 1. The molecule has 1 aliphatic rings. The first-order valence-corrected chi connectivity index (χ1v) is 9.53. The van der Waals surface area contributed by atoms with Gasteiger partial charge in [0.25, 0.3) is 0 Å². The lowest BCUT2D eigenvalue weighted by molar-refractivity contribution is 0.0206. The predicted molar refractivity (Wildman–Crippen MR) is 102 cm³/mol. The highest BCUT2D eigenvalue weighted by atomic mass is 32.1. The van der Waals surface area contributed by atoms with Gasteiger partial charge in [0.15, 0.2) is 0 Å². The minimum atomic E-state index is -0.455. The average molecular weight is 359 g/mol. The van der Waals surface area contributed by atoms with Crippen molar-refractivity contribution < 1.29 is 9.53 Å². The van der Waals surface area contributed by atoms with Crippen LogP contribution in [0.2, 0.25) is 0 Å². The number of hydrogen-bond acceptors (Lipinski definition) is 5. The summed E-state index contributed by atoms with van der Waals surface area (Å²) >= 11 is 1.64. The van der Waals surface area contributed by atoms with Crippen LogP contribution in [-0.4, -0.2) is 40.7 Å². The Kier molecular flexibility index (Phi) is 5.27. The number of benzene rings is 1. The normalized spacial score (nSPS) is 18.0. The first-order valence-electron chi connectivity index (χ1n) is 8.65. The molecule has 0 radical (unpaired) electrons. The Balaban J connectivity index is 1.58. The van der Waals surface area contributed by atoms with Crippen LogP contribution in [-0.2, 0) is 4.74 Å². The van der Waals surface area contributed by atoms with E-state index in [0.29, 0.717) is 6.54 Å². The molecule has 1 aromatic heterocycles. The van der Waals surface area contributed by atoms with Gasteiger partial charge in [-0.1, -0.05) is 0 Å². The lowest BCUT2D eigenvalue weighted by atomic mass is 10.1. The molecule has 1 unspecified atom stereocenters. The molecule has 1 fully saturated rings. The molecule has 1 N–H and O–H groups in total. The molecule has 1 atom stereocenters. The molecule has 0 saturated carbocycles. The van der Waals surface area contributed by atoms with Gasteiger partial charge in [0.1, 0.15) is 10.6 Å². The van der Waals surface area contributed by atoms with Crippen molar-refractivity contribution in [2.45, 2.75) is 45.3 Å². The Hall–Kier alpha value is -2.08. The Labute approximate surface area is 153 Å². The fourth-order valence-corrected chi connectivity index (χ4v) is 3.54. The average Bonchev–Trinajstić information content (AvgIpc) is 3.09. The van der Waals surface area contributed by atoms with Crippen LogP contribution < -0.4 is 5.32 Å². The van der Waals surface area contributed by atoms with Crippen molar-refractivity contribution in [1.29, 1.82) is 0 Å². The molecular weight excluding hydrogens is 334 g/mol. The minimum Gasteiger partial charge on any atom is -0.444 e. The number of nitrogens with one attached hydrogen (secondary N) is 1. The van der Waals surface area contributed by atoms with E-state index in [-0.39, 0.29) is 12.1 Å². The molecule has 1 aliphatic heterocycles. The molecule has 1 amide bonds. The number of aromatic nitrogens is 1. The number of rotatable bonds is 3. The largest absolute Gasteiger partial charge is 0.444 e. The van der Waals surface area contributed by atoms with Crippen LogP contribution in [0.3, 0.4) is 0 Å². The van der Waals surface area contributed by atoms with Gasteiger partial charge in [-0.2, -0.15) is 0 Å². The van der Waals surface area contributed by atoms with Crippen LogP contribution in [0, 0.1) is 0 Å². The van der Waals surface area contributed by atoms with Crippen molar-refractivity contribution in [2.75, 3.05) is 18.4 Å². The maximum atomic E-state index is 12.3. The van der Waals surface area contributed by atoms with E-state index < -0.39 is 5.60 Å². The van der Waals surface area contributed by atoms with Crippen molar-refractivity contribution in [1.82, 2.24) is 9.88 Å². The Morgan fingerprint density at radius 3 is 2.72 bits per heavy atom. The molecule has 3 rings (SSSR count). The summed E-state index contributed by atoms with van der Waals surface area (Å²) in [6, 6.07) is 8.55. The number of thiazole rings is 1. The monoisotopic (exact) mass is 359 g/mol. The third kappa shape index (κ3) is 4.95. The number of hydrogen-bond donors (Lipinski definition) is 1. The van der Waals surface area contributed by atoms with Crippen molar-refractivity contribution in [2.24, 2.45) is 0 Å². The van der Waals surface area contributed by atoms with E-state index in [0.717, 1.165) is 35.6 Å². The molecule has 1 aromatic carbocycles. The second-order valence-electron chi connectivity index (χ2n) is 7.32. The highest BCUT2D eigenvalue weighted by Gasteiger charge is 2.27. The second-order valence-corrected chi connectivity index (χ2v) is 8.22. The SMILES string of the molecule is CC(C)(C)OC(=O)N1CCCC(Nc2ccc(-c3nccs3)cc2)C1. The third-order valence-corrected chi connectivity index (χ3v) is 4.83. The molecule has 0 aliphatic carbocycles. The van der Waals surface area contributed by atoms with Gasteiger partial charge in [0, 0.05) is 42.0 Å². The van der Waals surface area contributed by atoms with Crippen molar-refractivity contribution in [3.63, 3.8) is 0 Å². The topological polar surface area (TPSA) is 54.5 Å². The van der Waals surface area contributed by atoms with Crippen molar-refractivity contribution >= 4 is 23.1 Å². The molecule has 0 bridgehead atoms. The number of likely N-dealkylation sites (tertiary alicyclic amines) is 1. The molecule has 134 valence electrons. The molecule has 6 heteroatoms. The van der Waals surface area contributed by atoms with E-state index in [1.54, 1.807) is 16.2 Å².